The van der Waals surface area contributed by atoms with Crippen molar-refractivity contribution in [3.8, 4) is 0 Å². The third-order valence-corrected chi connectivity index (χ3v) is 6.00. The molecule has 3 N–H and O–H groups in total. The first-order valence-electron chi connectivity index (χ1n) is 9.62. The number of aryl methyl sites for hydroxylation is 1. The number of thiophene rings is 1. The monoisotopic (exact) mass is 447 g/mol. The van der Waals surface area contributed by atoms with Crippen LogP contribution in [0, 0.1) is 0 Å². The minimum atomic E-state index is -4.52. The smallest absolute Gasteiger partial charge is 0.394 e. The summed E-state index contributed by atoms with van der Waals surface area (Å²) in [4.78, 5) is 25.9. The molecule has 0 aromatic carbocycles. The van der Waals surface area contributed by atoms with E-state index in [9.17, 15) is 28.2 Å². The van der Waals surface area contributed by atoms with Crippen LogP contribution in [0.3, 0.4) is 0 Å². The van der Waals surface area contributed by atoms with Crippen molar-refractivity contribution < 1.29 is 28.2 Å². The number of piperazine rings is 1. The Morgan fingerprint density at radius 1 is 1.23 bits per heavy atom. The average molecular weight is 447 g/mol. The summed E-state index contributed by atoms with van der Waals surface area (Å²) in [5.74, 6) is -0.0449. The van der Waals surface area contributed by atoms with E-state index in [2.05, 4.69) is 15.3 Å². The number of hydrogen-bond donors (Lipinski definition) is 3. The van der Waals surface area contributed by atoms with Gasteiger partial charge in [-0.3, -0.25) is 4.79 Å². The van der Waals surface area contributed by atoms with E-state index < -0.39 is 24.5 Å². The molecule has 0 spiro atoms. The van der Waals surface area contributed by atoms with Gasteiger partial charge in [0, 0.05) is 31.1 Å². The van der Waals surface area contributed by atoms with Gasteiger partial charge in [0.15, 0.2) is 0 Å². The topological polar surface area (TPSA) is 102 Å². The molecule has 0 atom stereocenters. The number of carbonyl (C=O) groups is 1. The van der Waals surface area contributed by atoms with Gasteiger partial charge in [-0.25, -0.2) is 4.98 Å². The summed E-state index contributed by atoms with van der Waals surface area (Å²) < 4.78 is 37.5. The van der Waals surface area contributed by atoms with E-state index in [1.165, 1.54) is 16.2 Å². The summed E-state index contributed by atoms with van der Waals surface area (Å²) in [5.41, 5.74) is 0. The number of rotatable bonds is 7. The van der Waals surface area contributed by atoms with Gasteiger partial charge < -0.3 is 25.3 Å². The Labute approximate surface area is 175 Å². The molecule has 1 saturated heterocycles. The van der Waals surface area contributed by atoms with E-state index in [-0.39, 0.29) is 32.3 Å². The van der Waals surface area contributed by atoms with Crippen LogP contribution in [0.1, 0.15) is 18.2 Å². The molecule has 2 aromatic heterocycles. The van der Waals surface area contributed by atoms with Crippen molar-refractivity contribution in [2.24, 2.45) is 0 Å². The molecule has 166 valence electrons. The Morgan fingerprint density at radius 2 is 1.90 bits per heavy atom. The van der Waals surface area contributed by atoms with Crippen LogP contribution in [-0.2, 0) is 11.2 Å². The van der Waals surface area contributed by atoms with Crippen molar-refractivity contribution in [1.29, 1.82) is 0 Å². The number of alkyl halides is 3. The fourth-order valence-electron chi connectivity index (χ4n) is 3.22. The highest BCUT2D eigenvalue weighted by Crippen LogP contribution is 2.33. The number of nitrogens with one attached hydrogen (secondary N) is 1. The second kappa shape index (κ2) is 9.31. The maximum Gasteiger partial charge on any atom is 0.397 e. The lowest BCUT2D eigenvalue weighted by Gasteiger charge is -2.36. The maximum absolute atomic E-state index is 12.5. The Hall–Kier alpha value is -2.18. The first kappa shape index (κ1) is 22.5. The number of halogens is 3. The third kappa shape index (κ3) is 5.29. The van der Waals surface area contributed by atoms with Gasteiger partial charge in [0.25, 0.3) is 0 Å². The van der Waals surface area contributed by atoms with Crippen molar-refractivity contribution in [3.63, 3.8) is 0 Å². The molecular weight excluding hydrogens is 423 g/mol. The van der Waals surface area contributed by atoms with Crippen LogP contribution >= 0.6 is 11.3 Å². The van der Waals surface area contributed by atoms with Crippen LogP contribution in [0.5, 0.6) is 0 Å². The van der Waals surface area contributed by atoms with E-state index >= 15 is 0 Å². The summed E-state index contributed by atoms with van der Waals surface area (Å²) in [6.07, 6.45) is -5.15. The number of hydrogen-bond acceptors (Lipinski definition) is 8. The van der Waals surface area contributed by atoms with Crippen LogP contribution in [0.2, 0.25) is 0 Å². The van der Waals surface area contributed by atoms with Crippen molar-refractivity contribution in [3.05, 3.63) is 10.9 Å². The predicted octanol–water partition coefficient (Wildman–Crippen LogP) is 1.62. The second-order valence-corrected chi connectivity index (χ2v) is 8.14. The number of nitrogens with zero attached hydrogens (tertiary/aromatic N) is 4. The number of aliphatic hydroxyl groups excluding tert-OH is 2. The molecule has 0 bridgehead atoms. The Bertz CT molecular complexity index is 880. The molecule has 1 aliphatic heterocycles. The van der Waals surface area contributed by atoms with Crippen LogP contribution in [0.25, 0.3) is 10.2 Å². The Morgan fingerprint density at radius 3 is 2.47 bits per heavy atom. The number of fused-ring (bicyclic) bond motifs is 1. The van der Waals surface area contributed by atoms with Gasteiger partial charge in [-0.1, -0.05) is 6.92 Å². The number of carbonyl (C=O) groups excluding carboxylic acids is 1. The zero-order valence-corrected chi connectivity index (χ0v) is 17.3. The lowest BCUT2D eigenvalue weighted by molar-refractivity contribution is -0.161. The number of amides is 1. The van der Waals surface area contributed by atoms with E-state index in [1.807, 2.05) is 17.9 Å². The minimum absolute atomic E-state index is 0.170. The molecule has 2 aromatic rings. The molecule has 1 fully saturated rings. The molecule has 12 heteroatoms. The van der Waals surface area contributed by atoms with Gasteiger partial charge in [0.05, 0.1) is 24.6 Å². The van der Waals surface area contributed by atoms with E-state index in [4.69, 9.17) is 0 Å². The highest BCUT2D eigenvalue weighted by Gasteiger charge is 2.34. The molecule has 3 heterocycles. The Kier molecular flexibility index (Phi) is 6.98. The van der Waals surface area contributed by atoms with Gasteiger partial charge >= 0.3 is 6.18 Å². The van der Waals surface area contributed by atoms with Crippen LogP contribution in [-0.4, -0.2) is 82.6 Å². The van der Waals surface area contributed by atoms with Crippen molar-refractivity contribution >= 4 is 39.2 Å². The molecule has 0 radical (unpaired) electrons. The molecule has 30 heavy (non-hydrogen) atoms. The third-order valence-electron chi connectivity index (χ3n) is 4.83. The molecule has 0 unspecified atom stereocenters. The lowest BCUT2D eigenvalue weighted by Crippen LogP contribution is -2.49. The summed E-state index contributed by atoms with van der Waals surface area (Å²) in [6.45, 7) is 2.46. The fraction of sp³-hybridized carbons (Fsp3) is 0.611. The quantitative estimate of drug-likeness (QED) is 0.593. The van der Waals surface area contributed by atoms with E-state index in [1.54, 1.807) is 0 Å². The summed E-state index contributed by atoms with van der Waals surface area (Å²) in [6, 6.07) is 1.38. The molecule has 1 aliphatic rings. The largest absolute Gasteiger partial charge is 0.397 e. The standard InChI is InChI=1S/C18H24F3N5O3S/c1-2-12-7-13-15(23-17(24-16(13)30-12)22-11(9-27)10-28)26-5-3-25(4-6-26)14(29)8-18(19,20)21/h7,11,27-28H,2-6,8-10H2,1H3,(H,22,23,24). The highest BCUT2D eigenvalue weighted by molar-refractivity contribution is 7.18. The summed E-state index contributed by atoms with van der Waals surface area (Å²) in [5, 5.41) is 22.4. The van der Waals surface area contributed by atoms with Crippen molar-refractivity contribution in [1.82, 2.24) is 14.9 Å². The van der Waals surface area contributed by atoms with Gasteiger partial charge in [0.1, 0.15) is 17.1 Å². The molecule has 0 aliphatic carbocycles. The van der Waals surface area contributed by atoms with Gasteiger partial charge in [0.2, 0.25) is 11.9 Å². The Balaban J connectivity index is 1.82. The predicted molar refractivity (Wildman–Crippen MR) is 108 cm³/mol. The SMILES string of the molecule is CCc1cc2c(N3CCN(C(=O)CC(F)(F)F)CC3)nc(NC(CO)CO)nc2s1. The first-order chi connectivity index (χ1) is 14.2. The number of anilines is 2. The van der Waals surface area contributed by atoms with Crippen LogP contribution in [0.4, 0.5) is 24.9 Å². The van der Waals surface area contributed by atoms with Crippen LogP contribution in [0.15, 0.2) is 6.07 Å². The minimum Gasteiger partial charge on any atom is -0.394 e. The second-order valence-electron chi connectivity index (χ2n) is 7.02. The van der Waals surface area contributed by atoms with E-state index in [0.717, 1.165) is 21.5 Å². The maximum atomic E-state index is 12.5. The van der Waals surface area contributed by atoms with Gasteiger partial charge in [-0.2, -0.15) is 18.2 Å². The van der Waals surface area contributed by atoms with E-state index in [0.29, 0.717) is 18.9 Å². The lowest BCUT2D eigenvalue weighted by atomic mass is 10.2. The zero-order chi connectivity index (χ0) is 21.9. The number of aromatic nitrogens is 2. The zero-order valence-electron chi connectivity index (χ0n) is 16.4. The highest BCUT2D eigenvalue weighted by atomic mass is 32.1. The number of aliphatic hydroxyl groups is 2. The van der Waals surface area contributed by atoms with Crippen molar-refractivity contribution in [2.45, 2.75) is 32.0 Å². The van der Waals surface area contributed by atoms with Crippen LogP contribution < -0.4 is 10.2 Å². The molecule has 8 nitrogen and oxygen atoms in total. The average Bonchev–Trinajstić information content (AvgIpc) is 3.13. The fourth-order valence-corrected chi connectivity index (χ4v) is 4.18. The van der Waals surface area contributed by atoms with Crippen molar-refractivity contribution in [2.75, 3.05) is 49.6 Å². The normalized spacial score (nSPS) is 15.3. The molecule has 3 rings (SSSR count). The summed E-state index contributed by atoms with van der Waals surface area (Å²) in [7, 11) is 0. The first-order valence-corrected chi connectivity index (χ1v) is 10.4. The molecule has 1 amide bonds. The van der Waals surface area contributed by atoms with Gasteiger partial charge in [-0.05, 0) is 12.5 Å². The summed E-state index contributed by atoms with van der Waals surface area (Å²) >= 11 is 1.51. The van der Waals surface area contributed by atoms with Gasteiger partial charge in [-0.15, -0.1) is 11.3 Å². The molecule has 0 saturated carbocycles. The molecular formula is C18H24F3N5O3S.